The Balaban J connectivity index is 1.87. The highest BCUT2D eigenvalue weighted by Crippen LogP contribution is 2.28. The summed E-state index contributed by atoms with van der Waals surface area (Å²) in [5.74, 6) is -1.89. The van der Waals surface area contributed by atoms with Crippen molar-refractivity contribution in [2.24, 2.45) is 0 Å². The van der Waals surface area contributed by atoms with E-state index in [1.807, 2.05) is 4.90 Å². The molecule has 4 rings (SSSR count). The number of aromatic nitrogens is 2. The number of carbonyl (C=O) groups is 1. The zero-order valence-corrected chi connectivity index (χ0v) is 16.7. The summed E-state index contributed by atoms with van der Waals surface area (Å²) in [6, 6.07) is 5.77. The molecule has 1 saturated heterocycles. The van der Waals surface area contributed by atoms with Crippen LogP contribution < -0.4 is 15.1 Å². The highest BCUT2D eigenvalue weighted by Gasteiger charge is 2.32. The zero-order valence-electron chi connectivity index (χ0n) is 16.7. The predicted molar refractivity (Wildman–Crippen MR) is 109 cm³/mol. The van der Waals surface area contributed by atoms with E-state index >= 15 is 0 Å². The van der Waals surface area contributed by atoms with Gasteiger partial charge in [0, 0.05) is 19.2 Å². The van der Waals surface area contributed by atoms with E-state index in [4.69, 9.17) is 5.11 Å². The van der Waals surface area contributed by atoms with Gasteiger partial charge in [0.05, 0.1) is 29.5 Å². The number of piperidine rings is 1. The van der Waals surface area contributed by atoms with Crippen LogP contribution in [0.1, 0.15) is 12.8 Å². The zero-order chi connectivity index (χ0) is 23.0. The summed E-state index contributed by atoms with van der Waals surface area (Å²) in [5, 5.41) is 28.5. The Morgan fingerprint density at radius 3 is 2.53 bits per heavy atom. The largest absolute Gasteiger partial charge is 0.511 e. The van der Waals surface area contributed by atoms with Crippen LogP contribution in [0.5, 0.6) is 5.75 Å². The van der Waals surface area contributed by atoms with Crippen molar-refractivity contribution in [1.82, 2.24) is 9.55 Å². The van der Waals surface area contributed by atoms with Crippen LogP contribution in [0.15, 0.2) is 41.3 Å². The second-order valence-corrected chi connectivity index (χ2v) is 7.57. The van der Waals surface area contributed by atoms with Crippen LogP contribution >= 0.6 is 0 Å². The molecule has 1 aromatic carbocycles. The van der Waals surface area contributed by atoms with Crippen LogP contribution in [-0.4, -0.2) is 56.3 Å². The predicted octanol–water partition coefficient (Wildman–Crippen LogP) is 2.04. The molecule has 3 heterocycles. The molecule has 0 bridgehead atoms. The van der Waals surface area contributed by atoms with E-state index in [2.05, 4.69) is 9.72 Å². The quantitative estimate of drug-likeness (QED) is 0.519. The van der Waals surface area contributed by atoms with Gasteiger partial charge in [-0.3, -0.25) is 9.36 Å². The fourth-order valence-electron chi connectivity index (χ4n) is 3.68. The van der Waals surface area contributed by atoms with Crippen LogP contribution in [0, 0.1) is 11.6 Å². The summed E-state index contributed by atoms with van der Waals surface area (Å²) < 4.78 is 33.7. The number of ether oxygens (including phenoxy) is 1. The van der Waals surface area contributed by atoms with E-state index in [-0.39, 0.29) is 23.3 Å². The van der Waals surface area contributed by atoms with Gasteiger partial charge >= 0.3 is 6.16 Å². The molecular formula is C21H19F2N3O6. The average Bonchev–Trinajstić information content (AvgIpc) is 2.76. The van der Waals surface area contributed by atoms with Crippen molar-refractivity contribution in [1.29, 1.82) is 0 Å². The number of pyridine rings is 2. The van der Waals surface area contributed by atoms with Gasteiger partial charge in [0.2, 0.25) is 5.43 Å². The lowest BCUT2D eigenvalue weighted by Crippen LogP contribution is -2.46. The molecule has 11 heteroatoms. The number of hydrogen-bond acceptors (Lipinski definition) is 7. The Hall–Kier alpha value is -3.57. The Morgan fingerprint density at radius 2 is 1.91 bits per heavy atom. The smallest absolute Gasteiger partial charge is 0.449 e. The van der Waals surface area contributed by atoms with E-state index in [1.54, 1.807) is 6.07 Å². The number of carboxylic acid groups (broad SMARTS) is 1. The summed E-state index contributed by atoms with van der Waals surface area (Å²) in [6.45, 7) is 0.400. The maximum absolute atomic E-state index is 14.6. The monoisotopic (exact) mass is 447 g/mol. The molecule has 3 N–H and O–H groups in total. The minimum Gasteiger partial charge on any atom is -0.449 e. The van der Waals surface area contributed by atoms with Crippen LogP contribution in [0.25, 0.3) is 16.7 Å². The van der Waals surface area contributed by atoms with Crippen molar-refractivity contribution in [2.75, 3.05) is 24.6 Å². The van der Waals surface area contributed by atoms with E-state index in [1.165, 1.54) is 6.07 Å². The van der Waals surface area contributed by atoms with Crippen LogP contribution in [0.3, 0.4) is 0 Å². The SMILES string of the molecule is O=C(O)Oc1cn(-c2ccc(F)cc2F)c2nc(N3CCC(O)(CO)CC3)ccc2c1=O. The lowest BCUT2D eigenvalue weighted by Gasteiger charge is -2.37. The third-order valence-electron chi connectivity index (χ3n) is 5.48. The molecule has 0 radical (unpaired) electrons. The Kier molecular flexibility index (Phi) is 5.53. The Bertz CT molecular complexity index is 1250. The molecule has 1 aliphatic rings. The minimum atomic E-state index is -1.72. The number of hydrogen-bond donors (Lipinski definition) is 3. The number of halogens is 2. The van der Waals surface area contributed by atoms with Crippen molar-refractivity contribution >= 4 is 23.0 Å². The molecule has 0 atom stereocenters. The van der Waals surface area contributed by atoms with Gasteiger partial charge in [-0.1, -0.05) is 0 Å². The van der Waals surface area contributed by atoms with Crippen molar-refractivity contribution in [3.05, 3.63) is 58.4 Å². The van der Waals surface area contributed by atoms with Crippen LogP contribution in [-0.2, 0) is 0 Å². The summed E-state index contributed by atoms with van der Waals surface area (Å²) in [6.07, 6.45) is -0.129. The first-order valence-corrected chi connectivity index (χ1v) is 9.71. The second-order valence-electron chi connectivity index (χ2n) is 7.57. The van der Waals surface area contributed by atoms with Gasteiger partial charge < -0.3 is 25.0 Å². The molecule has 2 aromatic heterocycles. The van der Waals surface area contributed by atoms with E-state index in [0.29, 0.717) is 37.8 Å². The number of aliphatic hydroxyl groups is 2. The summed E-state index contributed by atoms with van der Waals surface area (Å²) >= 11 is 0. The van der Waals surface area contributed by atoms with Gasteiger partial charge in [-0.15, -0.1) is 0 Å². The van der Waals surface area contributed by atoms with Crippen LogP contribution in [0.2, 0.25) is 0 Å². The van der Waals surface area contributed by atoms with Gasteiger partial charge in [0.1, 0.15) is 17.5 Å². The van der Waals surface area contributed by atoms with Crippen molar-refractivity contribution in [3.63, 3.8) is 0 Å². The summed E-state index contributed by atoms with van der Waals surface area (Å²) in [7, 11) is 0. The van der Waals surface area contributed by atoms with Gasteiger partial charge in [-0.25, -0.2) is 18.6 Å². The van der Waals surface area contributed by atoms with E-state index in [0.717, 1.165) is 22.9 Å². The summed E-state index contributed by atoms with van der Waals surface area (Å²) in [5.41, 5.74) is -2.08. The van der Waals surface area contributed by atoms with Gasteiger partial charge in [0.15, 0.2) is 11.4 Å². The molecule has 3 aromatic rings. The molecule has 168 valence electrons. The highest BCUT2D eigenvalue weighted by atomic mass is 19.1. The summed E-state index contributed by atoms with van der Waals surface area (Å²) in [4.78, 5) is 30.0. The maximum Gasteiger partial charge on any atom is 0.511 e. The molecule has 0 unspecified atom stereocenters. The number of anilines is 1. The van der Waals surface area contributed by atoms with E-state index < -0.39 is 34.6 Å². The van der Waals surface area contributed by atoms with Crippen molar-refractivity contribution in [3.8, 4) is 11.4 Å². The molecule has 1 fully saturated rings. The number of fused-ring (bicyclic) bond motifs is 1. The van der Waals surface area contributed by atoms with E-state index in [9.17, 15) is 28.6 Å². The third-order valence-corrected chi connectivity index (χ3v) is 5.48. The molecule has 0 saturated carbocycles. The molecule has 0 spiro atoms. The molecule has 0 aliphatic carbocycles. The normalized spacial score (nSPS) is 15.7. The number of nitrogens with zero attached hydrogens (tertiary/aromatic N) is 3. The minimum absolute atomic E-state index is 0.0127. The van der Waals surface area contributed by atoms with Gasteiger partial charge in [-0.2, -0.15) is 0 Å². The topological polar surface area (TPSA) is 125 Å². The Labute approximate surface area is 179 Å². The fourth-order valence-corrected chi connectivity index (χ4v) is 3.68. The van der Waals surface area contributed by atoms with Gasteiger partial charge in [0.25, 0.3) is 0 Å². The lowest BCUT2D eigenvalue weighted by molar-refractivity contribution is -0.0326. The first-order chi connectivity index (χ1) is 15.2. The van der Waals surface area contributed by atoms with Gasteiger partial charge in [-0.05, 0) is 37.1 Å². The van der Waals surface area contributed by atoms with Crippen molar-refractivity contribution in [2.45, 2.75) is 18.4 Å². The maximum atomic E-state index is 14.6. The standard InChI is InChI=1S/C21H19F2N3O6/c22-12-1-3-15(14(23)9-12)26-10-16(32-20(29)30)18(28)13-2-4-17(24-19(13)26)25-7-5-21(31,11-27)6-8-25/h1-4,9-10,27,31H,5-8,11H2,(H,29,30). The Morgan fingerprint density at radius 1 is 1.19 bits per heavy atom. The van der Waals surface area contributed by atoms with Crippen LogP contribution in [0.4, 0.5) is 19.4 Å². The number of benzene rings is 1. The molecule has 1 aliphatic heterocycles. The van der Waals surface area contributed by atoms with Crippen molar-refractivity contribution < 1.29 is 33.6 Å². The molecule has 32 heavy (non-hydrogen) atoms. The number of rotatable bonds is 4. The lowest BCUT2D eigenvalue weighted by atomic mass is 9.92. The average molecular weight is 447 g/mol. The third kappa shape index (κ3) is 3.99. The first-order valence-electron chi connectivity index (χ1n) is 9.71. The fraction of sp³-hybridized carbons (Fsp3) is 0.286. The highest BCUT2D eigenvalue weighted by molar-refractivity contribution is 5.81. The first kappa shape index (κ1) is 21.7. The molecule has 0 amide bonds. The molecule has 9 nitrogen and oxygen atoms in total. The number of aliphatic hydroxyl groups excluding tert-OH is 1. The second kappa shape index (κ2) is 8.17. The molecular weight excluding hydrogens is 428 g/mol.